The molecule has 0 amide bonds. The first-order valence-electron chi connectivity index (χ1n) is 9.92. The van der Waals surface area contributed by atoms with E-state index in [9.17, 15) is 4.79 Å². The van der Waals surface area contributed by atoms with Crippen molar-refractivity contribution in [3.05, 3.63) is 78.2 Å². The number of rotatable bonds is 5. The van der Waals surface area contributed by atoms with Crippen molar-refractivity contribution >= 4 is 23.1 Å². The van der Waals surface area contributed by atoms with Crippen molar-refractivity contribution in [1.29, 1.82) is 0 Å². The average Bonchev–Trinajstić information content (AvgIpc) is 3.08. The summed E-state index contributed by atoms with van der Waals surface area (Å²) in [7, 11) is 0. The Morgan fingerprint density at radius 2 is 1.72 bits per heavy atom. The van der Waals surface area contributed by atoms with E-state index in [1.165, 1.54) is 22.9 Å². The maximum Gasteiger partial charge on any atom is 0.219 e. The molecule has 2 aromatic heterocycles. The molecule has 1 aliphatic carbocycles. The lowest BCUT2D eigenvalue weighted by molar-refractivity contribution is -0.108. The van der Waals surface area contributed by atoms with E-state index in [1.807, 2.05) is 6.07 Å². The summed E-state index contributed by atoms with van der Waals surface area (Å²) in [4.78, 5) is 19.4. The van der Waals surface area contributed by atoms with Crippen molar-refractivity contribution in [1.82, 2.24) is 14.5 Å². The molecule has 0 aliphatic heterocycles. The molecule has 0 atom stereocenters. The molecule has 5 rings (SSSR count). The monoisotopic (exact) mass is 382 g/mol. The molecule has 144 valence electrons. The standard InChI is InChI=1S/C24H22N4O/c25-23-26-14-18(15-27-23)17-6-8-19(9-7-17)24(10-3-11-24)21-16-28(12-13-29)22-5-2-1-4-20(21)22/h1-2,4-9,13-16H,3,10-12H2,(H2,25,26,27). The Kier molecular flexibility index (Phi) is 4.16. The van der Waals surface area contributed by atoms with Crippen molar-refractivity contribution in [2.45, 2.75) is 31.2 Å². The van der Waals surface area contributed by atoms with Crippen molar-refractivity contribution in [2.24, 2.45) is 0 Å². The van der Waals surface area contributed by atoms with E-state index in [0.717, 1.165) is 35.8 Å². The molecular formula is C24H22N4O. The van der Waals surface area contributed by atoms with E-state index in [1.54, 1.807) is 12.4 Å². The number of fused-ring (bicyclic) bond motifs is 1. The van der Waals surface area contributed by atoms with E-state index in [4.69, 9.17) is 5.73 Å². The van der Waals surface area contributed by atoms with Crippen LogP contribution in [0.5, 0.6) is 0 Å². The Balaban J connectivity index is 1.58. The highest BCUT2D eigenvalue weighted by Gasteiger charge is 2.42. The molecule has 1 fully saturated rings. The number of aromatic nitrogens is 3. The summed E-state index contributed by atoms with van der Waals surface area (Å²) in [5, 5.41) is 1.24. The smallest absolute Gasteiger partial charge is 0.219 e. The van der Waals surface area contributed by atoms with Crippen molar-refractivity contribution in [3.63, 3.8) is 0 Å². The van der Waals surface area contributed by atoms with Crippen LogP contribution in [0.4, 0.5) is 5.95 Å². The Labute approximate surface area is 169 Å². The fourth-order valence-electron chi connectivity index (χ4n) is 4.57. The maximum atomic E-state index is 11.2. The highest BCUT2D eigenvalue weighted by atomic mass is 16.1. The third kappa shape index (κ3) is 2.81. The van der Waals surface area contributed by atoms with Crippen LogP contribution in [0.3, 0.4) is 0 Å². The van der Waals surface area contributed by atoms with Gasteiger partial charge in [0.15, 0.2) is 0 Å². The number of para-hydroxylation sites is 1. The van der Waals surface area contributed by atoms with Gasteiger partial charge in [0.05, 0.1) is 6.54 Å². The Bertz CT molecular complexity index is 1170. The van der Waals surface area contributed by atoms with E-state index in [0.29, 0.717) is 6.54 Å². The van der Waals surface area contributed by atoms with Crippen LogP contribution in [0.2, 0.25) is 0 Å². The first-order valence-corrected chi connectivity index (χ1v) is 9.92. The molecule has 0 unspecified atom stereocenters. The third-order valence-electron chi connectivity index (χ3n) is 6.23. The zero-order valence-corrected chi connectivity index (χ0v) is 16.1. The van der Waals surface area contributed by atoms with Crippen LogP contribution in [0.15, 0.2) is 67.1 Å². The summed E-state index contributed by atoms with van der Waals surface area (Å²) in [5.41, 5.74) is 11.4. The molecule has 0 bridgehead atoms. The molecule has 0 radical (unpaired) electrons. The highest BCUT2D eigenvalue weighted by Crippen LogP contribution is 2.51. The maximum absolute atomic E-state index is 11.2. The molecule has 0 spiro atoms. The predicted molar refractivity (Wildman–Crippen MR) is 115 cm³/mol. The zero-order chi connectivity index (χ0) is 19.8. The Morgan fingerprint density at radius 3 is 2.38 bits per heavy atom. The van der Waals surface area contributed by atoms with Gasteiger partial charge in [-0.05, 0) is 35.6 Å². The van der Waals surface area contributed by atoms with Crippen LogP contribution in [0.1, 0.15) is 30.4 Å². The second kappa shape index (κ2) is 6.85. The van der Waals surface area contributed by atoms with Crippen LogP contribution in [-0.2, 0) is 16.8 Å². The molecule has 2 N–H and O–H groups in total. The molecule has 5 heteroatoms. The summed E-state index contributed by atoms with van der Waals surface area (Å²) >= 11 is 0. The Hall–Kier alpha value is -3.47. The van der Waals surface area contributed by atoms with Gasteiger partial charge in [-0.25, -0.2) is 9.97 Å². The number of carbonyl (C=O) groups excluding carboxylic acids is 1. The number of aldehydes is 1. The summed E-state index contributed by atoms with van der Waals surface area (Å²) in [6.45, 7) is 0.382. The summed E-state index contributed by atoms with van der Waals surface area (Å²) in [6, 6.07) is 17.1. The number of nitrogen functional groups attached to an aromatic ring is 1. The number of nitrogens with two attached hydrogens (primary N) is 1. The van der Waals surface area contributed by atoms with E-state index < -0.39 is 0 Å². The van der Waals surface area contributed by atoms with E-state index >= 15 is 0 Å². The molecule has 29 heavy (non-hydrogen) atoms. The SMILES string of the molecule is Nc1ncc(-c2ccc(C3(c4cn(CC=O)c5ccccc45)CCC3)cc2)cn1. The van der Waals surface area contributed by atoms with E-state index in [2.05, 4.69) is 63.2 Å². The highest BCUT2D eigenvalue weighted by molar-refractivity contribution is 5.86. The van der Waals surface area contributed by atoms with Gasteiger partial charge in [0.2, 0.25) is 5.95 Å². The first-order chi connectivity index (χ1) is 14.2. The second-order valence-corrected chi connectivity index (χ2v) is 7.72. The molecule has 0 saturated heterocycles. The van der Waals surface area contributed by atoms with Crippen LogP contribution in [0.25, 0.3) is 22.0 Å². The summed E-state index contributed by atoms with van der Waals surface area (Å²) in [5.74, 6) is 0.283. The van der Waals surface area contributed by atoms with Gasteiger partial charge in [-0.15, -0.1) is 0 Å². The third-order valence-corrected chi connectivity index (χ3v) is 6.23. The van der Waals surface area contributed by atoms with Gasteiger partial charge in [-0.2, -0.15) is 0 Å². The topological polar surface area (TPSA) is 73.8 Å². The van der Waals surface area contributed by atoms with Gasteiger partial charge in [0, 0.05) is 40.5 Å². The number of hydrogen-bond donors (Lipinski definition) is 1. The zero-order valence-electron chi connectivity index (χ0n) is 16.1. The second-order valence-electron chi connectivity index (χ2n) is 7.72. The van der Waals surface area contributed by atoms with Gasteiger partial charge < -0.3 is 15.1 Å². The van der Waals surface area contributed by atoms with Gasteiger partial charge in [-0.3, -0.25) is 0 Å². The van der Waals surface area contributed by atoms with Gasteiger partial charge >= 0.3 is 0 Å². The largest absolute Gasteiger partial charge is 0.368 e. The lowest BCUT2D eigenvalue weighted by Gasteiger charge is -2.43. The quantitative estimate of drug-likeness (QED) is 0.521. The number of benzene rings is 2. The number of hydrogen-bond acceptors (Lipinski definition) is 4. The molecule has 1 saturated carbocycles. The summed E-state index contributed by atoms with van der Waals surface area (Å²) < 4.78 is 2.07. The van der Waals surface area contributed by atoms with Gasteiger partial charge in [0.1, 0.15) is 6.29 Å². The van der Waals surface area contributed by atoms with E-state index in [-0.39, 0.29) is 11.4 Å². The van der Waals surface area contributed by atoms with Crippen LogP contribution in [-0.4, -0.2) is 20.8 Å². The fourth-order valence-corrected chi connectivity index (χ4v) is 4.57. The molecular weight excluding hydrogens is 360 g/mol. The molecule has 2 heterocycles. The van der Waals surface area contributed by atoms with Crippen molar-refractivity contribution < 1.29 is 4.79 Å². The summed E-state index contributed by atoms with van der Waals surface area (Å²) in [6.07, 6.45) is 10.1. The Morgan fingerprint density at radius 1 is 1.00 bits per heavy atom. The minimum atomic E-state index is 0.00385. The van der Waals surface area contributed by atoms with Crippen molar-refractivity contribution in [2.75, 3.05) is 5.73 Å². The lowest BCUT2D eigenvalue weighted by atomic mass is 9.60. The molecule has 5 nitrogen and oxygen atoms in total. The number of anilines is 1. The normalized spacial score (nSPS) is 15.2. The first kappa shape index (κ1) is 17.6. The number of carbonyl (C=O) groups is 1. The molecule has 1 aliphatic rings. The fraction of sp³-hybridized carbons (Fsp3) is 0.208. The van der Waals surface area contributed by atoms with Gasteiger partial charge in [0.25, 0.3) is 0 Å². The van der Waals surface area contributed by atoms with Crippen LogP contribution >= 0.6 is 0 Å². The van der Waals surface area contributed by atoms with Crippen molar-refractivity contribution in [3.8, 4) is 11.1 Å². The van der Waals surface area contributed by atoms with Crippen LogP contribution < -0.4 is 5.73 Å². The average molecular weight is 382 g/mol. The molecule has 2 aromatic carbocycles. The lowest BCUT2D eigenvalue weighted by Crippen LogP contribution is -2.35. The minimum Gasteiger partial charge on any atom is -0.368 e. The minimum absolute atomic E-state index is 0.00385. The van der Waals surface area contributed by atoms with Crippen LogP contribution in [0, 0.1) is 0 Å². The predicted octanol–water partition coefficient (Wildman–Crippen LogP) is 4.35. The molecule has 4 aromatic rings. The van der Waals surface area contributed by atoms with Gasteiger partial charge in [-0.1, -0.05) is 48.9 Å². The number of nitrogens with zero attached hydrogens (tertiary/aromatic N) is 3.